The SMILES string of the molecule is Cc1ccc(NC(=O)C(C)(C)C(=O)NCCCN(C)C)cc1C. The molecule has 5 nitrogen and oxygen atoms in total. The Kier molecular flexibility index (Phi) is 6.76. The van der Waals surface area contributed by atoms with Gasteiger partial charge in [-0.25, -0.2) is 0 Å². The highest BCUT2D eigenvalue weighted by Gasteiger charge is 2.35. The average Bonchev–Trinajstić information content (AvgIpc) is 2.46. The van der Waals surface area contributed by atoms with Gasteiger partial charge in [-0.3, -0.25) is 9.59 Å². The highest BCUT2D eigenvalue weighted by atomic mass is 16.2. The Hall–Kier alpha value is -1.88. The summed E-state index contributed by atoms with van der Waals surface area (Å²) in [4.78, 5) is 26.8. The van der Waals surface area contributed by atoms with Crippen molar-refractivity contribution in [3.05, 3.63) is 29.3 Å². The van der Waals surface area contributed by atoms with Crippen molar-refractivity contribution >= 4 is 17.5 Å². The van der Waals surface area contributed by atoms with Gasteiger partial charge in [0.05, 0.1) is 0 Å². The maximum Gasteiger partial charge on any atom is 0.239 e. The molecule has 0 spiro atoms. The van der Waals surface area contributed by atoms with E-state index < -0.39 is 5.41 Å². The minimum absolute atomic E-state index is 0.252. The van der Waals surface area contributed by atoms with Crippen molar-refractivity contribution < 1.29 is 9.59 Å². The van der Waals surface area contributed by atoms with Crippen LogP contribution in [0, 0.1) is 19.3 Å². The molecular weight excluding hydrogens is 290 g/mol. The zero-order valence-electron chi connectivity index (χ0n) is 15.1. The molecule has 1 rings (SSSR count). The molecule has 0 heterocycles. The van der Waals surface area contributed by atoms with Crippen LogP contribution < -0.4 is 10.6 Å². The summed E-state index contributed by atoms with van der Waals surface area (Å²) in [5.41, 5.74) is 1.87. The molecule has 0 saturated carbocycles. The molecule has 0 radical (unpaired) electrons. The predicted molar refractivity (Wildman–Crippen MR) is 94.5 cm³/mol. The van der Waals surface area contributed by atoms with E-state index in [-0.39, 0.29) is 11.8 Å². The Morgan fingerprint density at radius 2 is 1.74 bits per heavy atom. The number of hydrogen-bond donors (Lipinski definition) is 2. The van der Waals surface area contributed by atoms with Crippen molar-refractivity contribution in [2.24, 2.45) is 5.41 Å². The molecule has 0 aromatic heterocycles. The van der Waals surface area contributed by atoms with Crippen molar-refractivity contribution in [3.8, 4) is 0 Å². The van der Waals surface area contributed by atoms with Crippen LogP contribution in [-0.4, -0.2) is 43.9 Å². The summed E-state index contributed by atoms with van der Waals surface area (Å²) >= 11 is 0. The average molecular weight is 319 g/mol. The number of rotatable bonds is 7. The number of nitrogens with one attached hydrogen (secondary N) is 2. The molecule has 0 fully saturated rings. The molecule has 0 aliphatic rings. The molecule has 0 bridgehead atoms. The first-order valence-corrected chi connectivity index (χ1v) is 7.96. The molecule has 0 unspecified atom stereocenters. The Morgan fingerprint density at radius 1 is 1.09 bits per heavy atom. The number of aryl methyl sites for hydroxylation is 2. The maximum atomic E-state index is 12.4. The number of nitrogens with zero attached hydrogens (tertiary/aromatic N) is 1. The Balaban J connectivity index is 2.61. The van der Waals surface area contributed by atoms with Crippen LogP contribution in [-0.2, 0) is 9.59 Å². The van der Waals surface area contributed by atoms with Gasteiger partial charge in [-0.2, -0.15) is 0 Å². The second-order valence-corrected chi connectivity index (χ2v) is 6.79. The van der Waals surface area contributed by atoms with Crippen molar-refractivity contribution in [1.29, 1.82) is 0 Å². The van der Waals surface area contributed by atoms with Crippen LogP contribution in [0.3, 0.4) is 0 Å². The molecule has 5 heteroatoms. The molecule has 0 saturated heterocycles. The van der Waals surface area contributed by atoms with Gasteiger partial charge >= 0.3 is 0 Å². The normalized spacial score (nSPS) is 11.4. The highest BCUT2D eigenvalue weighted by Crippen LogP contribution is 2.20. The number of hydrogen-bond acceptors (Lipinski definition) is 3. The summed E-state index contributed by atoms with van der Waals surface area (Å²) in [6, 6.07) is 5.73. The van der Waals surface area contributed by atoms with Gasteiger partial charge in [0.15, 0.2) is 0 Å². The molecule has 0 atom stereocenters. The molecular formula is C18H29N3O2. The predicted octanol–water partition coefficient (Wildman–Crippen LogP) is 2.34. The van der Waals surface area contributed by atoms with Crippen molar-refractivity contribution in [3.63, 3.8) is 0 Å². The van der Waals surface area contributed by atoms with Gasteiger partial charge in [-0.15, -0.1) is 0 Å². The van der Waals surface area contributed by atoms with Crippen LogP contribution in [0.1, 0.15) is 31.4 Å². The lowest BCUT2D eigenvalue weighted by Gasteiger charge is -2.23. The van der Waals surface area contributed by atoms with Crippen LogP contribution in [0.5, 0.6) is 0 Å². The van der Waals surface area contributed by atoms with Gasteiger partial charge in [-0.1, -0.05) is 6.07 Å². The monoisotopic (exact) mass is 319 g/mol. The largest absolute Gasteiger partial charge is 0.355 e. The zero-order valence-corrected chi connectivity index (χ0v) is 15.1. The lowest BCUT2D eigenvalue weighted by atomic mass is 9.90. The van der Waals surface area contributed by atoms with E-state index in [9.17, 15) is 9.59 Å². The first-order chi connectivity index (χ1) is 10.6. The summed E-state index contributed by atoms with van der Waals surface area (Å²) < 4.78 is 0. The third-order valence-electron chi connectivity index (χ3n) is 3.97. The molecule has 2 N–H and O–H groups in total. The second-order valence-electron chi connectivity index (χ2n) is 6.79. The fourth-order valence-corrected chi connectivity index (χ4v) is 2.03. The smallest absolute Gasteiger partial charge is 0.239 e. The molecule has 0 aliphatic carbocycles. The van der Waals surface area contributed by atoms with Gasteiger partial charge in [0.25, 0.3) is 0 Å². The summed E-state index contributed by atoms with van der Waals surface area (Å²) in [5, 5.41) is 5.67. The maximum absolute atomic E-state index is 12.4. The number of anilines is 1. The molecule has 2 amide bonds. The van der Waals surface area contributed by atoms with Crippen LogP contribution in [0.4, 0.5) is 5.69 Å². The quantitative estimate of drug-likeness (QED) is 0.599. The van der Waals surface area contributed by atoms with E-state index in [0.29, 0.717) is 12.2 Å². The fraction of sp³-hybridized carbons (Fsp3) is 0.556. The van der Waals surface area contributed by atoms with Crippen molar-refractivity contribution in [2.45, 2.75) is 34.1 Å². The van der Waals surface area contributed by atoms with E-state index in [2.05, 4.69) is 15.5 Å². The van der Waals surface area contributed by atoms with Gasteiger partial charge in [-0.05, 0) is 78.0 Å². The van der Waals surface area contributed by atoms with Gasteiger partial charge in [0, 0.05) is 12.2 Å². The van der Waals surface area contributed by atoms with Gasteiger partial charge in [0.1, 0.15) is 5.41 Å². The third kappa shape index (κ3) is 5.67. The summed E-state index contributed by atoms with van der Waals surface area (Å²) in [6.07, 6.45) is 0.855. The van der Waals surface area contributed by atoms with Crippen molar-refractivity contribution in [2.75, 3.05) is 32.5 Å². The van der Waals surface area contributed by atoms with E-state index in [0.717, 1.165) is 18.5 Å². The molecule has 1 aromatic carbocycles. The number of benzene rings is 1. The van der Waals surface area contributed by atoms with Crippen LogP contribution >= 0.6 is 0 Å². The number of carbonyl (C=O) groups excluding carboxylic acids is 2. The topological polar surface area (TPSA) is 61.4 Å². The Labute approximate surface area is 139 Å². The lowest BCUT2D eigenvalue weighted by Crippen LogP contribution is -2.45. The standard InChI is InChI=1S/C18H29N3O2/c1-13-8-9-15(12-14(13)2)20-17(23)18(3,4)16(22)19-10-7-11-21(5)6/h8-9,12H,7,10-11H2,1-6H3,(H,19,22)(H,20,23). The minimum atomic E-state index is -1.11. The molecule has 0 aliphatic heterocycles. The molecule has 128 valence electrons. The second kappa shape index (κ2) is 8.11. The number of amides is 2. The first kappa shape index (κ1) is 19.2. The van der Waals surface area contributed by atoms with E-state index in [4.69, 9.17) is 0 Å². The Morgan fingerprint density at radius 3 is 2.30 bits per heavy atom. The van der Waals surface area contributed by atoms with Gasteiger partial charge < -0.3 is 15.5 Å². The zero-order chi connectivity index (χ0) is 17.6. The Bertz CT molecular complexity index is 565. The van der Waals surface area contributed by atoms with Crippen molar-refractivity contribution in [1.82, 2.24) is 10.2 Å². The van der Waals surface area contributed by atoms with Crippen LogP contribution in [0.25, 0.3) is 0 Å². The fourth-order valence-electron chi connectivity index (χ4n) is 2.03. The summed E-state index contributed by atoms with van der Waals surface area (Å²) in [5.74, 6) is -0.552. The van der Waals surface area contributed by atoms with Gasteiger partial charge in [0.2, 0.25) is 11.8 Å². The minimum Gasteiger partial charge on any atom is -0.355 e. The number of carbonyl (C=O) groups is 2. The van der Waals surface area contributed by atoms with E-state index >= 15 is 0 Å². The molecule has 1 aromatic rings. The molecule has 23 heavy (non-hydrogen) atoms. The van der Waals surface area contributed by atoms with E-state index in [1.54, 1.807) is 13.8 Å². The highest BCUT2D eigenvalue weighted by molar-refractivity contribution is 6.09. The first-order valence-electron chi connectivity index (χ1n) is 7.96. The van der Waals surface area contributed by atoms with Crippen LogP contribution in [0.2, 0.25) is 0 Å². The van der Waals surface area contributed by atoms with E-state index in [1.807, 2.05) is 46.1 Å². The third-order valence-corrected chi connectivity index (χ3v) is 3.97. The van der Waals surface area contributed by atoms with Crippen LogP contribution in [0.15, 0.2) is 18.2 Å². The summed E-state index contributed by atoms with van der Waals surface area (Å²) in [6.45, 7) is 8.77. The van der Waals surface area contributed by atoms with E-state index in [1.165, 1.54) is 5.56 Å². The summed E-state index contributed by atoms with van der Waals surface area (Å²) in [7, 11) is 3.98. The lowest BCUT2D eigenvalue weighted by molar-refractivity contribution is -0.138.